The summed E-state index contributed by atoms with van der Waals surface area (Å²) in [5.74, 6) is 0.920. The minimum atomic E-state index is -0.456. The van der Waals surface area contributed by atoms with Crippen molar-refractivity contribution in [1.29, 1.82) is 0 Å². The van der Waals surface area contributed by atoms with Crippen LogP contribution in [0.3, 0.4) is 0 Å². The lowest BCUT2D eigenvalue weighted by atomic mass is 9.93. The van der Waals surface area contributed by atoms with E-state index >= 15 is 0 Å². The molecule has 3 heterocycles. The van der Waals surface area contributed by atoms with Crippen molar-refractivity contribution < 1.29 is 18.8 Å². The van der Waals surface area contributed by atoms with Crippen LogP contribution in [0.5, 0.6) is 0 Å². The van der Waals surface area contributed by atoms with Gasteiger partial charge >= 0.3 is 0 Å². The Morgan fingerprint density at radius 3 is 2.63 bits per heavy atom. The van der Waals surface area contributed by atoms with E-state index in [2.05, 4.69) is 15.4 Å². The Labute approximate surface area is 160 Å². The Hall–Kier alpha value is -1.93. The minimum absolute atomic E-state index is 0.00674. The lowest BCUT2D eigenvalue weighted by Crippen LogP contribution is -2.53. The highest BCUT2D eigenvalue weighted by molar-refractivity contribution is 5.96. The van der Waals surface area contributed by atoms with Crippen molar-refractivity contribution in [2.75, 3.05) is 44.7 Å². The van der Waals surface area contributed by atoms with Crippen LogP contribution < -0.4 is 5.32 Å². The number of hydrogen-bond acceptors (Lipinski definition) is 6. The smallest absolute Gasteiger partial charge is 0.248 e. The van der Waals surface area contributed by atoms with Crippen LogP contribution in [0, 0.1) is 0 Å². The normalized spacial score (nSPS) is 21.9. The average Bonchev–Trinajstić information content (AvgIpc) is 3.11. The maximum Gasteiger partial charge on any atom is 0.248 e. The van der Waals surface area contributed by atoms with Crippen molar-refractivity contribution >= 4 is 17.6 Å². The molecule has 2 aliphatic rings. The molecule has 0 spiro atoms. The first-order chi connectivity index (χ1) is 12.8. The van der Waals surface area contributed by atoms with Gasteiger partial charge in [0.1, 0.15) is 11.8 Å². The van der Waals surface area contributed by atoms with Crippen LogP contribution in [0.15, 0.2) is 10.6 Å². The molecule has 0 bridgehead atoms. The van der Waals surface area contributed by atoms with E-state index in [1.165, 1.54) is 0 Å². The van der Waals surface area contributed by atoms with E-state index < -0.39 is 6.04 Å². The van der Waals surface area contributed by atoms with Gasteiger partial charge in [0.05, 0.1) is 19.8 Å². The summed E-state index contributed by atoms with van der Waals surface area (Å²) in [4.78, 5) is 29.4. The number of likely N-dealkylation sites (tertiary alicyclic amines) is 1. The highest BCUT2D eigenvalue weighted by Gasteiger charge is 2.33. The Bertz CT molecular complexity index is 661. The van der Waals surface area contributed by atoms with Crippen LogP contribution in [0.25, 0.3) is 0 Å². The van der Waals surface area contributed by atoms with Crippen molar-refractivity contribution in [2.45, 2.75) is 51.5 Å². The zero-order chi connectivity index (χ0) is 19.4. The molecular formula is C19H30N4O4. The number of morpholine rings is 1. The number of rotatable bonds is 4. The van der Waals surface area contributed by atoms with Crippen molar-refractivity contribution in [2.24, 2.45) is 0 Å². The number of carbonyl (C=O) groups excluding carboxylic acids is 2. The van der Waals surface area contributed by atoms with Crippen LogP contribution in [0.4, 0.5) is 5.82 Å². The number of ether oxygens (including phenoxy) is 1. The summed E-state index contributed by atoms with van der Waals surface area (Å²) >= 11 is 0. The second kappa shape index (κ2) is 8.39. The summed E-state index contributed by atoms with van der Waals surface area (Å²) in [5, 5.41) is 6.77. The summed E-state index contributed by atoms with van der Waals surface area (Å²) in [6.45, 7) is 9.83. The molecule has 0 aromatic carbocycles. The lowest BCUT2D eigenvalue weighted by Gasteiger charge is -2.36. The van der Waals surface area contributed by atoms with Gasteiger partial charge in [0.2, 0.25) is 11.8 Å². The molecule has 2 fully saturated rings. The SMILES string of the molecule is CC(C)(C)c1cc(NC(=O)[C@@H]2CCCCN2C(=O)CN2CCOCC2)no1. The van der Waals surface area contributed by atoms with Gasteiger partial charge in [-0.2, -0.15) is 0 Å². The van der Waals surface area contributed by atoms with Gasteiger partial charge in [0.25, 0.3) is 0 Å². The predicted octanol–water partition coefficient (Wildman–Crippen LogP) is 1.62. The van der Waals surface area contributed by atoms with E-state index in [0.29, 0.717) is 44.3 Å². The molecule has 0 radical (unpaired) electrons. The highest BCUT2D eigenvalue weighted by atomic mass is 16.5. The van der Waals surface area contributed by atoms with E-state index in [-0.39, 0.29) is 17.2 Å². The number of carbonyl (C=O) groups is 2. The van der Waals surface area contributed by atoms with Gasteiger partial charge in [0.15, 0.2) is 5.82 Å². The molecule has 2 aliphatic heterocycles. The molecule has 0 aliphatic carbocycles. The largest absolute Gasteiger partial charge is 0.379 e. The monoisotopic (exact) mass is 378 g/mol. The number of nitrogens with zero attached hydrogens (tertiary/aromatic N) is 3. The van der Waals surface area contributed by atoms with E-state index in [4.69, 9.17) is 9.26 Å². The van der Waals surface area contributed by atoms with Crippen LogP contribution >= 0.6 is 0 Å². The van der Waals surface area contributed by atoms with Crippen LogP contribution in [0.2, 0.25) is 0 Å². The Balaban J connectivity index is 1.62. The number of hydrogen-bond donors (Lipinski definition) is 1. The van der Waals surface area contributed by atoms with E-state index in [0.717, 1.165) is 25.9 Å². The molecule has 150 valence electrons. The van der Waals surface area contributed by atoms with E-state index in [1.807, 2.05) is 20.8 Å². The average molecular weight is 378 g/mol. The van der Waals surface area contributed by atoms with Crippen molar-refractivity contribution in [3.8, 4) is 0 Å². The molecule has 1 atom stereocenters. The summed E-state index contributed by atoms with van der Waals surface area (Å²) in [7, 11) is 0. The molecule has 1 N–H and O–H groups in total. The molecule has 8 heteroatoms. The van der Waals surface area contributed by atoms with Gasteiger partial charge in [-0.25, -0.2) is 0 Å². The third kappa shape index (κ3) is 5.07. The van der Waals surface area contributed by atoms with Gasteiger partial charge in [0, 0.05) is 31.1 Å². The number of anilines is 1. The number of nitrogens with one attached hydrogen (secondary N) is 1. The summed E-state index contributed by atoms with van der Waals surface area (Å²) in [6, 6.07) is 1.29. The lowest BCUT2D eigenvalue weighted by molar-refractivity contribution is -0.142. The zero-order valence-electron chi connectivity index (χ0n) is 16.5. The Morgan fingerprint density at radius 1 is 1.22 bits per heavy atom. The number of amides is 2. The fraction of sp³-hybridized carbons (Fsp3) is 0.737. The molecule has 1 aromatic heterocycles. The minimum Gasteiger partial charge on any atom is -0.379 e. The summed E-state index contributed by atoms with van der Waals surface area (Å²) < 4.78 is 10.7. The molecular weight excluding hydrogens is 348 g/mol. The topological polar surface area (TPSA) is 87.9 Å². The van der Waals surface area contributed by atoms with E-state index in [9.17, 15) is 9.59 Å². The maximum atomic E-state index is 12.8. The second-order valence-corrected chi connectivity index (χ2v) is 8.30. The molecule has 27 heavy (non-hydrogen) atoms. The van der Waals surface area contributed by atoms with Crippen LogP contribution in [-0.2, 0) is 19.7 Å². The fourth-order valence-electron chi connectivity index (χ4n) is 3.44. The third-order valence-corrected chi connectivity index (χ3v) is 5.09. The first-order valence-electron chi connectivity index (χ1n) is 9.72. The number of piperidine rings is 1. The van der Waals surface area contributed by atoms with E-state index in [1.54, 1.807) is 11.0 Å². The molecule has 0 saturated carbocycles. The van der Waals surface area contributed by atoms with Gasteiger partial charge in [-0.1, -0.05) is 25.9 Å². The van der Waals surface area contributed by atoms with Crippen LogP contribution in [0.1, 0.15) is 45.8 Å². The van der Waals surface area contributed by atoms with Crippen molar-refractivity contribution in [3.05, 3.63) is 11.8 Å². The highest BCUT2D eigenvalue weighted by Crippen LogP contribution is 2.25. The van der Waals surface area contributed by atoms with Gasteiger partial charge in [-0.15, -0.1) is 0 Å². The molecule has 2 amide bonds. The van der Waals surface area contributed by atoms with Gasteiger partial charge in [-0.3, -0.25) is 14.5 Å². The first-order valence-corrected chi connectivity index (χ1v) is 9.72. The predicted molar refractivity (Wildman–Crippen MR) is 100 cm³/mol. The quantitative estimate of drug-likeness (QED) is 0.857. The second-order valence-electron chi connectivity index (χ2n) is 8.30. The summed E-state index contributed by atoms with van der Waals surface area (Å²) in [6.07, 6.45) is 2.53. The third-order valence-electron chi connectivity index (χ3n) is 5.09. The zero-order valence-corrected chi connectivity index (χ0v) is 16.5. The Morgan fingerprint density at radius 2 is 1.96 bits per heavy atom. The van der Waals surface area contributed by atoms with Crippen molar-refractivity contribution in [1.82, 2.24) is 15.0 Å². The van der Waals surface area contributed by atoms with Gasteiger partial charge in [-0.05, 0) is 19.3 Å². The molecule has 2 saturated heterocycles. The Kier molecular flexibility index (Phi) is 6.16. The number of aromatic nitrogens is 1. The van der Waals surface area contributed by atoms with Crippen molar-refractivity contribution in [3.63, 3.8) is 0 Å². The molecule has 8 nitrogen and oxygen atoms in total. The molecule has 3 rings (SSSR count). The standard InChI is InChI=1S/C19H30N4O4/c1-19(2,3)15-12-16(21-27-15)20-18(25)14-6-4-5-7-23(14)17(24)13-22-8-10-26-11-9-22/h12,14H,4-11,13H2,1-3H3,(H,20,21,25)/t14-/m0/s1. The molecule has 1 aromatic rings. The summed E-state index contributed by atoms with van der Waals surface area (Å²) in [5.41, 5.74) is -0.180. The molecule has 0 unspecified atom stereocenters. The maximum absolute atomic E-state index is 12.8. The fourth-order valence-corrected chi connectivity index (χ4v) is 3.44. The van der Waals surface area contributed by atoms with Crippen LogP contribution in [-0.4, -0.2) is 72.2 Å². The van der Waals surface area contributed by atoms with Gasteiger partial charge < -0.3 is 19.5 Å². The first kappa shape index (κ1) is 19.8.